The molecule has 1 amide bonds. The minimum Gasteiger partial charge on any atom is -0.329 e. The Labute approximate surface area is 132 Å². The molecular weight excluding hydrogens is 328 g/mol. The summed E-state index contributed by atoms with van der Waals surface area (Å²) in [5, 5.41) is 6.82. The van der Waals surface area contributed by atoms with E-state index in [1.165, 1.54) is 19.0 Å². The summed E-state index contributed by atoms with van der Waals surface area (Å²) in [7, 11) is -0.969. The van der Waals surface area contributed by atoms with Gasteiger partial charge in [-0.1, -0.05) is 25.3 Å². The summed E-state index contributed by atoms with van der Waals surface area (Å²) in [6, 6.07) is -0.499. The number of carbonyl (C=O) groups is 1. The van der Waals surface area contributed by atoms with E-state index in [0.717, 1.165) is 22.5 Å². The van der Waals surface area contributed by atoms with Gasteiger partial charge in [0.2, 0.25) is 5.03 Å². The first-order valence-corrected chi connectivity index (χ1v) is 8.52. The summed E-state index contributed by atoms with van der Waals surface area (Å²) >= 11 is 1.02. The lowest BCUT2D eigenvalue weighted by molar-refractivity contribution is 0.215. The first-order valence-electron chi connectivity index (χ1n) is 6.26. The van der Waals surface area contributed by atoms with Crippen LogP contribution in [0.4, 0.5) is 4.79 Å². The maximum atomic E-state index is 12.6. The van der Waals surface area contributed by atoms with Gasteiger partial charge in [-0.3, -0.25) is 0 Å². The van der Waals surface area contributed by atoms with Crippen molar-refractivity contribution in [3.05, 3.63) is 11.2 Å². The van der Waals surface area contributed by atoms with E-state index in [9.17, 15) is 13.2 Å². The first kappa shape index (κ1) is 16.5. The number of carbonyl (C=O) groups excluding carboxylic acids is 1. The highest BCUT2D eigenvalue weighted by molar-refractivity contribution is 7.91. The molecule has 2 aromatic rings. The molecule has 2 rings (SSSR count). The third-order valence-corrected chi connectivity index (χ3v) is 5.43. The van der Waals surface area contributed by atoms with Crippen LogP contribution in [0.3, 0.4) is 0 Å². The predicted octanol–water partition coefficient (Wildman–Crippen LogP) is 0.790. The molecule has 0 aliphatic rings. The molecule has 0 saturated heterocycles. The molecule has 120 valence electrons. The summed E-state index contributed by atoms with van der Waals surface area (Å²) in [6.07, 6.45) is 1.06. The van der Waals surface area contributed by atoms with Crippen LogP contribution in [0.1, 0.15) is 25.6 Å². The van der Waals surface area contributed by atoms with Gasteiger partial charge in [0.15, 0.2) is 0 Å². The van der Waals surface area contributed by atoms with Gasteiger partial charge in [0.25, 0.3) is 15.0 Å². The van der Waals surface area contributed by atoms with Crippen LogP contribution in [0.2, 0.25) is 0 Å². The van der Waals surface area contributed by atoms with Crippen molar-refractivity contribution in [2.75, 3.05) is 14.1 Å². The summed E-state index contributed by atoms with van der Waals surface area (Å²) in [5.41, 5.74) is -0.432. The highest BCUT2D eigenvalue weighted by atomic mass is 32.2. The Morgan fingerprint density at radius 3 is 2.50 bits per heavy atom. The average molecular weight is 344 g/mol. The zero-order chi connectivity index (χ0) is 16.7. The van der Waals surface area contributed by atoms with E-state index in [2.05, 4.69) is 19.7 Å². The van der Waals surface area contributed by atoms with Crippen LogP contribution in [0.15, 0.2) is 16.5 Å². The van der Waals surface area contributed by atoms with Crippen molar-refractivity contribution < 1.29 is 13.2 Å². The van der Waals surface area contributed by atoms with Crippen molar-refractivity contribution >= 4 is 27.4 Å². The van der Waals surface area contributed by atoms with Crippen LogP contribution in [0, 0.1) is 0 Å². The molecule has 0 aromatic carbocycles. The smallest absolute Gasteiger partial charge is 0.329 e. The molecule has 0 spiro atoms. The number of nitrogens with zero attached hydrogens (tertiary/aromatic N) is 6. The lowest BCUT2D eigenvalue weighted by Crippen LogP contribution is -2.27. The van der Waals surface area contributed by atoms with Gasteiger partial charge in [-0.05, 0) is 11.5 Å². The molecule has 2 aromatic heterocycles. The second-order valence-corrected chi connectivity index (χ2v) is 8.32. The topological polar surface area (TPSA) is 111 Å². The van der Waals surface area contributed by atoms with Crippen molar-refractivity contribution in [3.8, 4) is 0 Å². The fourth-order valence-corrected chi connectivity index (χ4v) is 3.91. The zero-order valence-electron chi connectivity index (χ0n) is 12.8. The number of hydrogen-bond acceptors (Lipinski definition) is 8. The van der Waals surface area contributed by atoms with Crippen molar-refractivity contribution in [3.63, 3.8) is 0 Å². The third-order valence-electron chi connectivity index (χ3n) is 2.68. The Balaban J connectivity index is 2.49. The molecule has 0 saturated carbocycles. The lowest BCUT2D eigenvalue weighted by Gasteiger charge is -2.15. The average Bonchev–Trinajstić information content (AvgIpc) is 3.06. The molecule has 9 nitrogen and oxygen atoms in total. The largest absolute Gasteiger partial charge is 0.345 e. The van der Waals surface area contributed by atoms with E-state index >= 15 is 0 Å². The Morgan fingerprint density at radius 2 is 1.95 bits per heavy atom. The van der Waals surface area contributed by atoms with Gasteiger partial charge in [0, 0.05) is 19.5 Å². The van der Waals surface area contributed by atoms with E-state index in [1.807, 2.05) is 20.8 Å². The molecule has 2 heterocycles. The summed E-state index contributed by atoms with van der Waals surface area (Å²) < 4.78 is 29.8. The van der Waals surface area contributed by atoms with Gasteiger partial charge < -0.3 is 4.90 Å². The molecule has 0 aliphatic heterocycles. The third kappa shape index (κ3) is 2.86. The van der Waals surface area contributed by atoms with Crippen LogP contribution < -0.4 is 0 Å². The number of hydrogen-bond donors (Lipinski definition) is 0. The van der Waals surface area contributed by atoms with Gasteiger partial charge in [-0.25, -0.2) is 18.2 Å². The van der Waals surface area contributed by atoms with Gasteiger partial charge in [-0.2, -0.15) is 4.68 Å². The van der Waals surface area contributed by atoms with Crippen molar-refractivity contribution in [2.45, 2.75) is 36.4 Å². The van der Waals surface area contributed by atoms with Crippen LogP contribution >= 0.6 is 11.5 Å². The maximum absolute atomic E-state index is 12.6. The highest BCUT2D eigenvalue weighted by Crippen LogP contribution is 2.32. The van der Waals surface area contributed by atoms with E-state index in [-0.39, 0.29) is 5.03 Å². The predicted molar refractivity (Wildman–Crippen MR) is 78.6 cm³/mol. The van der Waals surface area contributed by atoms with Crippen molar-refractivity contribution in [1.29, 1.82) is 0 Å². The van der Waals surface area contributed by atoms with E-state index < -0.39 is 26.4 Å². The van der Waals surface area contributed by atoms with Gasteiger partial charge in [-0.15, -0.1) is 10.2 Å². The lowest BCUT2D eigenvalue weighted by atomic mass is 9.95. The molecule has 0 fully saturated rings. The number of amides is 1. The van der Waals surface area contributed by atoms with Crippen LogP contribution in [0.5, 0.6) is 0 Å². The Morgan fingerprint density at radius 1 is 1.32 bits per heavy atom. The molecule has 0 unspecified atom stereocenters. The van der Waals surface area contributed by atoms with E-state index in [1.54, 1.807) is 0 Å². The van der Waals surface area contributed by atoms with Crippen molar-refractivity contribution in [2.24, 2.45) is 0 Å². The van der Waals surface area contributed by atoms with Crippen LogP contribution in [-0.2, 0) is 15.3 Å². The molecular formula is C11H16N6O3S2. The standard InChI is InChI=1S/C11H16N6O3S2/c1-11(2,3)7-8(13-15-21-7)22(19,20)9-12-6-17(14-9)10(18)16(4)5/h6H,1-5H3. The highest BCUT2D eigenvalue weighted by Gasteiger charge is 2.34. The number of sulfone groups is 1. The fraction of sp³-hybridized carbons (Fsp3) is 0.545. The molecule has 0 N–H and O–H groups in total. The Bertz CT molecular complexity index is 800. The SMILES string of the molecule is CN(C)C(=O)n1cnc(S(=O)(=O)c2nnsc2C(C)(C)C)n1. The number of rotatable bonds is 2. The molecule has 22 heavy (non-hydrogen) atoms. The zero-order valence-corrected chi connectivity index (χ0v) is 14.4. The molecule has 0 atom stereocenters. The molecule has 0 radical (unpaired) electrons. The van der Waals surface area contributed by atoms with Gasteiger partial charge >= 0.3 is 6.03 Å². The normalized spacial score (nSPS) is 12.4. The van der Waals surface area contributed by atoms with Gasteiger partial charge in [0.05, 0.1) is 4.88 Å². The van der Waals surface area contributed by atoms with E-state index in [4.69, 9.17) is 0 Å². The fourth-order valence-electron chi connectivity index (χ4n) is 1.57. The quantitative estimate of drug-likeness (QED) is 0.791. The molecule has 0 aliphatic carbocycles. The van der Waals surface area contributed by atoms with Gasteiger partial charge in [0.1, 0.15) is 6.33 Å². The first-order chi connectivity index (χ1) is 10.0. The van der Waals surface area contributed by atoms with Crippen molar-refractivity contribution in [1.82, 2.24) is 29.3 Å². The minimum absolute atomic E-state index is 0.167. The summed E-state index contributed by atoms with van der Waals surface area (Å²) in [5.74, 6) is 0. The summed E-state index contributed by atoms with van der Waals surface area (Å²) in [6.45, 7) is 5.59. The molecule has 0 bridgehead atoms. The molecule has 11 heteroatoms. The maximum Gasteiger partial charge on any atom is 0.345 e. The Kier molecular flexibility index (Phi) is 4.04. The van der Waals surface area contributed by atoms with Crippen LogP contribution in [0.25, 0.3) is 0 Å². The van der Waals surface area contributed by atoms with E-state index in [0.29, 0.717) is 4.88 Å². The minimum atomic E-state index is -4.02. The monoisotopic (exact) mass is 344 g/mol. The number of aromatic nitrogens is 5. The second kappa shape index (κ2) is 5.39. The van der Waals surface area contributed by atoms with Crippen LogP contribution in [-0.4, -0.2) is 57.8 Å². The summed E-state index contributed by atoms with van der Waals surface area (Å²) in [4.78, 5) is 17.3. The second-order valence-electron chi connectivity index (χ2n) is 5.81. The Hall–Kier alpha value is -1.88.